The lowest BCUT2D eigenvalue weighted by Crippen LogP contribution is -2.30. The summed E-state index contributed by atoms with van der Waals surface area (Å²) >= 11 is 0. The Hall–Kier alpha value is -3.07. The standard InChI is InChI=1S/C21H18N2O5S/c24-13-5-12-22-29(27,28)19-11-10-18(14-6-1-2-7-15(14)19)23-20(25)16-8-3-4-9-17(16)21(23)26/h1-4,6-11,22,24H,5,12-13H2. The fourth-order valence-electron chi connectivity index (χ4n) is 3.46. The third-order valence-corrected chi connectivity index (χ3v) is 6.33. The fraction of sp³-hybridized carbons (Fsp3) is 0.143. The van der Waals surface area contributed by atoms with E-state index in [9.17, 15) is 18.0 Å². The smallest absolute Gasteiger partial charge is 0.266 e. The van der Waals surface area contributed by atoms with Crippen molar-refractivity contribution in [3.05, 3.63) is 71.8 Å². The lowest BCUT2D eigenvalue weighted by molar-refractivity contribution is 0.0926. The molecule has 0 unspecified atom stereocenters. The maximum absolute atomic E-state index is 12.9. The Balaban J connectivity index is 1.84. The van der Waals surface area contributed by atoms with E-state index < -0.39 is 21.8 Å². The van der Waals surface area contributed by atoms with Gasteiger partial charge in [0.1, 0.15) is 0 Å². The Bertz CT molecular complexity index is 1200. The number of hydrogen-bond acceptors (Lipinski definition) is 5. The Kier molecular flexibility index (Phi) is 4.91. The predicted molar refractivity (Wildman–Crippen MR) is 108 cm³/mol. The molecule has 0 fully saturated rings. The van der Waals surface area contributed by atoms with Gasteiger partial charge >= 0.3 is 0 Å². The summed E-state index contributed by atoms with van der Waals surface area (Å²) in [7, 11) is -3.83. The molecular formula is C21H18N2O5S. The monoisotopic (exact) mass is 410 g/mol. The second-order valence-electron chi connectivity index (χ2n) is 6.59. The highest BCUT2D eigenvalue weighted by Crippen LogP contribution is 2.36. The number of carbonyl (C=O) groups is 2. The van der Waals surface area contributed by atoms with E-state index in [1.54, 1.807) is 48.5 Å². The van der Waals surface area contributed by atoms with Gasteiger partial charge in [0, 0.05) is 23.9 Å². The maximum Gasteiger partial charge on any atom is 0.266 e. The highest BCUT2D eigenvalue weighted by atomic mass is 32.2. The van der Waals surface area contributed by atoms with Gasteiger partial charge < -0.3 is 5.11 Å². The number of rotatable bonds is 6. The van der Waals surface area contributed by atoms with E-state index in [0.717, 1.165) is 4.90 Å². The zero-order valence-corrected chi connectivity index (χ0v) is 16.1. The molecule has 8 heteroatoms. The molecule has 3 aromatic carbocycles. The number of carbonyl (C=O) groups excluding carboxylic acids is 2. The molecule has 7 nitrogen and oxygen atoms in total. The van der Waals surface area contributed by atoms with Crippen LogP contribution in [-0.2, 0) is 10.0 Å². The number of amides is 2. The molecule has 1 heterocycles. The fourth-order valence-corrected chi connectivity index (χ4v) is 4.74. The number of aliphatic hydroxyl groups excluding tert-OH is 1. The van der Waals surface area contributed by atoms with Crippen molar-refractivity contribution < 1.29 is 23.1 Å². The minimum absolute atomic E-state index is 0.0476. The van der Waals surface area contributed by atoms with Crippen LogP contribution in [0.25, 0.3) is 10.8 Å². The Morgan fingerprint density at radius 2 is 1.41 bits per heavy atom. The normalized spacial score (nSPS) is 13.9. The largest absolute Gasteiger partial charge is 0.396 e. The highest BCUT2D eigenvalue weighted by Gasteiger charge is 2.37. The first-order chi connectivity index (χ1) is 14.0. The Labute approximate surface area is 167 Å². The molecule has 0 atom stereocenters. The molecule has 4 rings (SSSR count). The summed E-state index contributed by atoms with van der Waals surface area (Å²) in [5.74, 6) is -0.875. The van der Waals surface area contributed by atoms with Crippen LogP contribution in [0, 0.1) is 0 Å². The molecule has 0 spiro atoms. The molecule has 2 amide bonds. The van der Waals surface area contributed by atoms with Crippen molar-refractivity contribution in [2.75, 3.05) is 18.1 Å². The zero-order valence-electron chi connectivity index (χ0n) is 15.3. The molecule has 0 aliphatic carbocycles. The van der Waals surface area contributed by atoms with Crippen LogP contribution in [0.3, 0.4) is 0 Å². The summed E-state index contributed by atoms with van der Waals surface area (Å²) in [4.78, 5) is 26.9. The van der Waals surface area contributed by atoms with Gasteiger partial charge in [-0.15, -0.1) is 0 Å². The maximum atomic E-state index is 12.9. The predicted octanol–water partition coefficient (Wildman–Crippen LogP) is 2.30. The molecule has 0 radical (unpaired) electrons. The molecule has 0 bridgehead atoms. The van der Waals surface area contributed by atoms with Crippen molar-refractivity contribution in [1.82, 2.24) is 4.72 Å². The first-order valence-electron chi connectivity index (χ1n) is 9.06. The minimum atomic E-state index is -3.83. The van der Waals surface area contributed by atoms with Crippen molar-refractivity contribution in [2.45, 2.75) is 11.3 Å². The molecule has 148 valence electrons. The van der Waals surface area contributed by atoms with Crippen LogP contribution in [0.4, 0.5) is 5.69 Å². The second-order valence-corrected chi connectivity index (χ2v) is 8.33. The van der Waals surface area contributed by atoms with Crippen molar-refractivity contribution in [1.29, 1.82) is 0 Å². The van der Waals surface area contributed by atoms with Crippen molar-refractivity contribution in [3.63, 3.8) is 0 Å². The lowest BCUT2D eigenvalue weighted by atomic mass is 10.1. The summed E-state index contributed by atoms with van der Waals surface area (Å²) in [5.41, 5.74) is 0.981. The first kappa shape index (κ1) is 19.3. The average Bonchev–Trinajstić information content (AvgIpc) is 2.98. The highest BCUT2D eigenvalue weighted by molar-refractivity contribution is 7.89. The zero-order chi connectivity index (χ0) is 20.6. The summed E-state index contributed by atoms with van der Waals surface area (Å²) < 4.78 is 27.9. The quantitative estimate of drug-likeness (QED) is 0.479. The number of aliphatic hydroxyl groups is 1. The van der Waals surface area contributed by atoms with Crippen molar-refractivity contribution in [3.8, 4) is 0 Å². The number of fused-ring (bicyclic) bond motifs is 2. The molecule has 0 saturated heterocycles. The number of nitrogens with zero attached hydrogens (tertiary/aromatic N) is 1. The summed E-state index contributed by atoms with van der Waals surface area (Å²) in [5, 5.41) is 9.76. The summed E-state index contributed by atoms with van der Waals surface area (Å²) in [6.45, 7) is -0.0186. The van der Waals surface area contributed by atoms with Gasteiger partial charge in [0.15, 0.2) is 0 Å². The van der Waals surface area contributed by atoms with Gasteiger partial charge in [-0.05, 0) is 30.7 Å². The van der Waals surface area contributed by atoms with Crippen molar-refractivity contribution >= 4 is 38.3 Å². The van der Waals surface area contributed by atoms with Crippen LogP contribution in [0.15, 0.2) is 65.6 Å². The first-order valence-corrected chi connectivity index (χ1v) is 10.5. The Morgan fingerprint density at radius 1 is 0.828 bits per heavy atom. The van der Waals surface area contributed by atoms with Crippen LogP contribution >= 0.6 is 0 Å². The van der Waals surface area contributed by atoms with Gasteiger partial charge in [0.25, 0.3) is 11.8 Å². The van der Waals surface area contributed by atoms with E-state index in [-0.39, 0.29) is 18.0 Å². The van der Waals surface area contributed by atoms with Crippen LogP contribution in [-0.4, -0.2) is 38.5 Å². The van der Waals surface area contributed by atoms with E-state index in [0.29, 0.717) is 34.0 Å². The molecule has 0 aromatic heterocycles. The lowest BCUT2D eigenvalue weighted by Gasteiger charge is -2.18. The van der Waals surface area contributed by atoms with Crippen molar-refractivity contribution in [2.24, 2.45) is 0 Å². The van der Waals surface area contributed by atoms with Gasteiger partial charge in [-0.25, -0.2) is 18.0 Å². The molecule has 1 aliphatic heterocycles. The van der Waals surface area contributed by atoms with Crippen LogP contribution < -0.4 is 9.62 Å². The number of imide groups is 1. The molecular weight excluding hydrogens is 392 g/mol. The minimum Gasteiger partial charge on any atom is -0.396 e. The van der Waals surface area contributed by atoms with Gasteiger partial charge in [0.2, 0.25) is 10.0 Å². The van der Waals surface area contributed by atoms with E-state index in [1.165, 1.54) is 12.1 Å². The van der Waals surface area contributed by atoms with E-state index in [2.05, 4.69) is 4.72 Å². The third kappa shape index (κ3) is 3.21. The van der Waals surface area contributed by atoms with Crippen LogP contribution in [0.2, 0.25) is 0 Å². The van der Waals surface area contributed by atoms with E-state index in [1.807, 2.05) is 0 Å². The average molecular weight is 410 g/mol. The molecule has 3 aromatic rings. The molecule has 1 aliphatic rings. The Morgan fingerprint density at radius 3 is 2.03 bits per heavy atom. The summed E-state index contributed by atoms with van der Waals surface area (Å²) in [6.07, 6.45) is 0.296. The van der Waals surface area contributed by atoms with E-state index >= 15 is 0 Å². The number of sulfonamides is 1. The SMILES string of the molecule is O=C1c2ccccc2C(=O)N1c1ccc(S(=O)(=O)NCCCO)c2ccccc12. The van der Waals surface area contributed by atoms with Gasteiger partial charge in [-0.1, -0.05) is 36.4 Å². The second kappa shape index (κ2) is 7.40. The van der Waals surface area contributed by atoms with E-state index in [4.69, 9.17) is 5.11 Å². The van der Waals surface area contributed by atoms with Crippen LogP contribution in [0.1, 0.15) is 27.1 Å². The molecule has 29 heavy (non-hydrogen) atoms. The van der Waals surface area contributed by atoms with Crippen LogP contribution in [0.5, 0.6) is 0 Å². The number of anilines is 1. The summed E-state index contributed by atoms with van der Waals surface area (Å²) in [6, 6.07) is 16.2. The van der Waals surface area contributed by atoms with Gasteiger partial charge in [-0.2, -0.15) is 0 Å². The topological polar surface area (TPSA) is 104 Å². The van der Waals surface area contributed by atoms with Gasteiger partial charge in [-0.3, -0.25) is 9.59 Å². The molecule has 2 N–H and O–H groups in total. The number of nitrogens with one attached hydrogen (secondary N) is 1. The van der Waals surface area contributed by atoms with Gasteiger partial charge in [0.05, 0.1) is 21.7 Å². The number of benzene rings is 3. The number of hydrogen-bond donors (Lipinski definition) is 2. The molecule has 0 saturated carbocycles. The third-order valence-electron chi connectivity index (χ3n) is 4.81.